The highest BCUT2D eigenvalue weighted by atomic mass is 32.2. The van der Waals surface area contributed by atoms with Gasteiger partial charge in [-0.15, -0.1) is 11.3 Å². The molecule has 0 aliphatic rings. The van der Waals surface area contributed by atoms with Crippen LogP contribution >= 0.6 is 11.3 Å². The summed E-state index contributed by atoms with van der Waals surface area (Å²) in [5.41, 5.74) is 0. The van der Waals surface area contributed by atoms with Crippen LogP contribution in [-0.4, -0.2) is 39.6 Å². The number of methoxy groups -OCH3 is 1. The zero-order valence-corrected chi connectivity index (χ0v) is 15.7. The van der Waals surface area contributed by atoms with Crippen molar-refractivity contribution in [3.63, 3.8) is 0 Å². The number of hydrogen-bond acceptors (Lipinski definition) is 7. The van der Waals surface area contributed by atoms with Gasteiger partial charge in [0.1, 0.15) is 17.4 Å². The Balaban J connectivity index is 2.15. The maximum Gasteiger partial charge on any atom is 0.334 e. The largest absolute Gasteiger partial charge is 0.496 e. The van der Waals surface area contributed by atoms with Crippen LogP contribution in [-0.2, 0) is 10.0 Å². The van der Waals surface area contributed by atoms with Crippen LogP contribution in [0.5, 0.6) is 5.75 Å². The van der Waals surface area contributed by atoms with Gasteiger partial charge in [-0.3, -0.25) is 10.6 Å². The molecule has 26 heavy (non-hydrogen) atoms. The highest BCUT2D eigenvalue weighted by molar-refractivity contribution is 7.90. The molecule has 0 radical (unpaired) electrons. The molecular formula is C14H17N5O5S2. The number of amides is 4. The summed E-state index contributed by atoms with van der Waals surface area (Å²) in [6, 6.07) is 2.74. The Labute approximate surface area is 154 Å². The van der Waals surface area contributed by atoms with Crippen molar-refractivity contribution < 1.29 is 22.7 Å². The van der Waals surface area contributed by atoms with Crippen LogP contribution in [0.15, 0.2) is 28.5 Å². The standard InChI is InChI=1S/C14H17N5O5S2/c1-8-4-10(7-25-8)26(22,23)19-14(21)18-12-6-9(24-3)5-11(16-12)17-13(20)15-2/h4-7H,1-3H3,(H4,15,16,17,18,19,20,21). The maximum absolute atomic E-state index is 12.1. The lowest BCUT2D eigenvalue weighted by Crippen LogP contribution is -2.34. The van der Waals surface area contributed by atoms with E-state index in [2.05, 4.69) is 20.9 Å². The number of anilines is 2. The first-order chi connectivity index (χ1) is 12.2. The third kappa shape index (κ3) is 5.07. The van der Waals surface area contributed by atoms with Gasteiger partial charge < -0.3 is 10.1 Å². The van der Waals surface area contributed by atoms with Crippen LogP contribution in [0.1, 0.15) is 4.88 Å². The first-order valence-electron chi connectivity index (χ1n) is 7.17. The summed E-state index contributed by atoms with van der Waals surface area (Å²) in [5, 5.41) is 8.50. The number of aryl methyl sites for hydroxylation is 1. The van der Waals surface area contributed by atoms with Crippen molar-refractivity contribution in [1.29, 1.82) is 0 Å². The summed E-state index contributed by atoms with van der Waals surface area (Å²) in [6.45, 7) is 1.75. The fourth-order valence-electron chi connectivity index (χ4n) is 1.81. The molecule has 12 heteroatoms. The molecule has 0 aliphatic heterocycles. The smallest absolute Gasteiger partial charge is 0.334 e. The topological polar surface area (TPSA) is 139 Å². The lowest BCUT2D eigenvalue weighted by molar-refractivity contribution is 0.253. The summed E-state index contributed by atoms with van der Waals surface area (Å²) in [5.74, 6) is 0.401. The van der Waals surface area contributed by atoms with Gasteiger partial charge in [-0.2, -0.15) is 0 Å². The van der Waals surface area contributed by atoms with Crippen LogP contribution in [0.2, 0.25) is 0 Å². The number of nitrogens with one attached hydrogen (secondary N) is 4. The molecule has 0 fully saturated rings. The zero-order valence-electron chi connectivity index (χ0n) is 14.1. The van der Waals surface area contributed by atoms with Gasteiger partial charge in [-0.1, -0.05) is 0 Å². The van der Waals surface area contributed by atoms with Gasteiger partial charge in [0, 0.05) is 29.4 Å². The van der Waals surface area contributed by atoms with E-state index in [1.54, 1.807) is 6.92 Å². The molecule has 0 aliphatic carbocycles. The van der Waals surface area contributed by atoms with E-state index in [-0.39, 0.29) is 16.5 Å². The number of carbonyl (C=O) groups is 2. The van der Waals surface area contributed by atoms with E-state index in [1.807, 2.05) is 4.72 Å². The first kappa shape index (κ1) is 19.5. The summed E-state index contributed by atoms with van der Waals surface area (Å²) < 4.78 is 31.2. The third-order valence-electron chi connectivity index (χ3n) is 2.99. The number of urea groups is 2. The van der Waals surface area contributed by atoms with Gasteiger partial charge in [-0.25, -0.2) is 27.7 Å². The number of rotatable bonds is 5. The SMILES string of the molecule is CNC(=O)Nc1cc(OC)cc(NC(=O)NS(=O)(=O)c2csc(C)c2)n1. The van der Waals surface area contributed by atoms with Gasteiger partial charge >= 0.3 is 12.1 Å². The van der Waals surface area contributed by atoms with E-state index in [4.69, 9.17) is 4.74 Å². The Morgan fingerprint density at radius 1 is 1.12 bits per heavy atom. The van der Waals surface area contributed by atoms with Gasteiger partial charge in [-0.05, 0) is 13.0 Å². The predicted octanol–water partition coefficient (Wildman–Crippen LogP) is 1.72. The van der Waals surface area contributed by atoms with E-state index in [0.29, 0.717) is 5.75 Å². The van der Waals surface area contributed by atoms with Gasteiger partial charge in [0.15, 0.2) is 0 Å². The monoisotopic (exact) mass is 399 g/mol. The van der Waals surface area contributed by atoms with Crippen molar-refractivity contribution >= 4 is 45.1 Å². The lowest BCUT2D eigenvalue weighted by Gasteiger charge is -2.11. The second-order valence-corrected chi connectivity index (χ2v) is 7.73. The molecule has 2 rings (SSSR count). The molecule has 2 heterocycles. The van der Waals surface area contributed by atoms with Gasteiger partial charge in [0.25, 0.3) is 10.0 Å². The molecule has 2 aromatic rings. The van der Waals surface area contributed by atoms with Crippen molar-refractivity contribution in [3.05, 3.63) is 28.5 Å². The fraction of sp³-hybridized carbons (Fsp3) is 0.214. The Morgan fingerprint density at radius 3 is 2.23 bits per heavy atom. The van der Waals surface area contributed by atoms with Crippen LogP contribution in [0, 0.1) is 6.92 Å². The Morgan fingerprint density at radius 2 is 1.73 bits per heavy atom. The normalized spacial score (nSPS) is 10.7. The molecule has 2 aromatic heterocycles. The second-order valence-electron chi connectivity index (χ2n) is 4.93. The minimum atomic E-state index is -4.00. The van der Waals surface area contributed by atoms with Crippen molar-refractivity contribution in [1.82, 2.24) is 15.0 Å². The van der Waals surface area contributed by atoms with Crippen molar-refractivity contribution in [3.8, 4) is 5.75 Å². The van der Waals surface area contributed by atoms with E-state index in [9.17, 15) is 18.0 Å². The van der Waals surface area contributed by atoms with E-state index >= 15 is 0 Å². The van der Waals surface area contributed by atoms with Crippen molar-refractivity contribution in [2.45, 2.75) is 11.8 Å². The fourth-order valence-corrected chi connectivity index (χ4v) is 3.85. The summed E-state index contributed by atoms with van der Waals surface area (Å²) in [7, 11) is -1.17. The quantitative estimate of drug-likeness (QED) is 0.604. The summed E-state index contributed by atoms with van der Waals surface area (Å²) in [6.07, 6.45) is 0. The van der Waals surface area contributed by atoms with E-state index < -0.39 is 22.1 Å². The van der Waals surface area contributed by atoms with Crippen molar-refractivity contribution in [2.24, 2.45) is 0 Å². The molecule has 140 valence electrons. The predicted molar refractivity (Wildman–Crippen MR) is 97.3 cm³/mol. The average Bonchev–Trinajstić information content (AvgIpc) is 3.01. The molecule has 0 saturated carbocycles. The van der Waals surface area contributed by atoms with E-state index in [0.717, 1.165) is 4.88 Å². The summed E-state index contributed by atoms with van der Waals surface area (Å²) in [4.78, 5) is 28.2. The molecule has 0 aromatic carbocycles. The number of hydrogen-bond donors (Lipinski definition) is 4. The number of sulfonamides is 1. The lowest BCUT2D eigenvalue weighted by atomic mass is 10.4. The van der Waals surface area contributed by atoms with Gasteiger partial charge in [0.2, 0.25) is 0 Å². The average molecular weight is 399 g/mol. The highest BCUT2D eigenvalue weighted by Gasteiger charge is 2.19. The molecular weight excluding hydrogens is 382 g/mol. The Bertz CT molecular complexity index is 926. The number of carbonyl (C=O) groups excluding carboxylic acids is 2. The van der Waals surface area contributed by atoms with E-state index in [1.165, 1.54) is 49.1 Å². The molecule has 4 amide bonds. The molecule has 0 unspecified atom stereocenters. The second kappa shape index (κ2) is 8.01. The van der Waals surface area contributed by atoms with Crippen LogP contribution in [0.4, 0.5) is 21.2 Å². The minimum Gasteiger partial charge on any atom is -0.496 e. The van der Waals surface area contributed by atoms with Crippen molar-refractivity contribution in [2.75, 3.05) is 24.8 Å². The highest BCUT2D eigenvalue weighted by Crippen LogP contribution is 2.21. The Kier molecular flexibility index (Phi) is 6.00. The van der Waals surface area contributed by atoms with Crippen LogP contribution < -0.4 is 25.4 Å². The number of thiophene rings is 1. The molecule has 10 nitrogen and oxygen atoms in total. The molecule has 0 bridgehead atoms. The number of ether oxygens (including phenoxy) is 1. The zero-order chi connectivity index (χ0) is 19.3. The molecule has 0 spiro atoms. The minimum absolute atomic E-state index is 0.00396. The first-order valence-corrected chi connectivity index (χ1v) is 9.53. The Hall–Kier alpha value is -2.86. The van der Waals surface area contributed by atoms with Crippen LogP contribution in [0.25, 0.3) is 0 Å². The number of nitrogens with zero attached hydrogens (tertiary/aromatic N) is 1. The third-order valence-corrected chi connectivity index (χ3v) is 5.31. The molecule has 0 atom stereocenters. The molecule has 0 saturated heterocycles. The number of pyridine rings is 1. The summed E-state index contributed by atoms with van der Waals surface area (Å²) >= 11 is 1.25. The maximum atomic E-state index is 12.1. The van der Waals surface area contributed by atoms with Crippen LogP contribution in [0.3, 0.4) is 0 Å². The molecule has 4 N–H and O–H groups in total. The van der Waals surface area contributed by atoms with Gasteiger partial charge in [0.05, 0.1) is 12.0 Å². The number of aromatic nitrogens is 1.